The largest absolute Gasteiger partial charge is 0.436 e. The molecule has 0 saturated heterocycles. The third-order valence-corrected chi connectivity index (χ3v) is 5.47. The van der Waals surface area contributed by atoms with Crippen LogP contribution in [0.25, 0.3) is 34.7 Å². The third-order valence-electron chi connectivity index (χ3n) is 5.47. The SMILES string of the molecule is CCC(C)(C)c1cccc2nc(-c3ccccc3C=Cc3ccccc3)oc12. The first kappa shape index (κ1) is 18.2. The van der Waals surface area contributed by atoms with E-state index in [1.165, 1.54) is 11.1 Å². The van der Waals surface area contributed by atoms with Gasteiger partial charge < -0.3 is 4.42 Å². The van der Waals surface area contributed by atoms with Crippen LogP contribution in [-0.4, -0.2) is 4.98 Å². The van der Waals surface area contributed by atoms with E-state index in [9.17, 15) is 0 Å². The van der Waals surface area contributed by atoms with Crippen molar-refractivity contribution in [3.05, 3.63) is 89.5 Å². The molecule has 0 fully saturated rings. The number of fused-ring (bicyclic) bond motifs is 1. The fourth-order valence-electron chi connectivity index (χ4n) is 3.37. The number of rotatable bonds is 5. The first-order chi connectivity index (χ1) is 13.6. The molecule has 28 heavy (non-hydrogen) atoms. The normalized spacial score (nSPS) is 12.1. The Bertz CT molecular complexity index is 1120. The van der Waals surface area contributed by atoms with Gasteiger partial charge in [-0.1, -0.05) is 93.6 Å². The summed E-state index contributed by atoms with van der Waals surface area (Å²) in [6.45, 7) is 6.71. The van der Waals surface area contributed by atoms with Crippen molar-refractivity contribution in [3.8, 4) is 11.5 Å². The van der Waals surface area contributed by atoms with Crippen molar-refractivity contribution in [1.29, 1.82) is 0 Å². The lowest BCUT2D eigenvalue weighted by molar-refractivity contribution is 0.497. The van der Waals surface area contributed by atoms with Crippen molar-refractivity contribution < 1.29 is 4.42 Å². The van der Waals surface area contributed by atoms with Gasteiger partial charge in [0, 0.05) is 11.1 Å². The number of hydrogen-bond donors (Lipinski definition) is 0. The Kier molecular flexibility index (Phi) is 4.87. The predicted molar refractivity (Wildman–Crippen MR) is 118 cm³/mol. The number of oxazole rings is 1. The minimum absolute atomic E-state index is 0.0447. The molecule has 0 amide bonds. The summed E-state index contributed by atoms with van der Waals surface area (Å²) in [5.74, 6) is 0.669. The van der Waals surface area contributed by atoms with Gasteiger partial charge in [0.05, 0.1) is 0 Å². The van der Waals surface area contributed by atoms with Crippen LogP contribution in [0.1, 0.15) is 43.9 Å². The highest BCUT2D eigenvalue weighted by molar-refractivity contribution is 5.83. The second-order valence-corrected chi connectivity index (χ2v) is 7.74. The fourth-order valence-corrected chi connectivity index (χ4v) is 3.37. The highest BCUT2D eigenvalue weighted by Crippen LogP contribution is 2.36. The van der Waals surface area contributed by atoms with Gasteiger partial charge in [-0.3, -0.25) is 0 Å². The molecule has 0 atom stereocenters. The van der Waals surface area contributed by atoms with Crippen LogP contribution in [-0.2, 0) is 5.41 Å². The van der Waals surface area contributed by atoms with Crippen molar-refractivity contribution in [2.24, 2.45) is 0 Å². The summed E-state index contributed by atoms with van der Waals surface area (Å²) in [6.07, 6.45) is 5.28. The topological polar surface area (TPSA) is 26.0 Å². The molecule has 0 N–H and O–H groups in total. The van der Waals surface area contributed by atoms with Gasteiger partial charge in [-0.25, -0.2) is 4.98 Å². The van der Waals surface area contributed by atoms with Gasteiger partial charge in [0.15, 0.2) is 5.58 Å². The summed E-state index contributed by atoms with van der Waals surface area (Å²) in [4.78, 5) is 4.81. The molecule has 140 valence electrons. The fraction of sp³-hybridized carbons (Fsp3) is 0.192. The van der Waals surface area contributed by atoms with Crippen LogP contribution in [0.5, 0.6) is 0 Å². The minimum atomic E-state index is 0.0447. The number of para-hydroxylation sites is 1. The summed E-state index contributed by atoms with van der Waals surface area (Å²) < 4.78 is 6.32. The smallest absolute Gasteiger partial charge is 0.227 e. The van der Waals surface area contributed by atoms with Crippen LogP contribution in [0.2, 0.25) is 0 Å². The van der Waals surface area contributed by atoms with Crippen LogP contribution in [0.3, 0.4) is 0 Å². The zero-order chi connectivity index (χ0) is 19.6. The average molecular weight is 367 g/mol. The van der Waals surface area contributed by atoms with E-state index in [4.69, 9.17) is 9.40 Å². The van der Waals surface area contributed by atoms with Crippen LogP contribution in [0.15, 0.2) is 77.2 Å². The van der Waals surface area contributed by atoms with E-state index in [2.05, 4.69) is 69.3 Å². The molecule has 1 aromatic heterocycles. The molecular formula is C26H25NO. The molecule has 1 heterocycles. The van der Waals surface area contributed by atoms with Crippen LogP contribution >= 0.6 is 0 Å². The summed E-state index contributed by atoms with van der Waals surface area (Å²) in [5.41, 5.74) is 6.33. The van der Waals surface area contributed by atoms with Gasteiger partial charge >= 0.3 is 0 Å². The number of aromatic nitrogens is 1. The van der Waals surface area contributed by atoms with Crippen molar-refractivity contribution in [2.45, 2.75) is 32.6 Å². The second kappa shape index (κ2) is 7.47. The Hall–Kier alpha value is -3.13. The van der Waals surface area contributed by atoms with E-state index in [1.54, 1.807) is 0 Å². The molecule has 0 bridgehead atoms. The maximum Gasteiger partial charge on any atom is 0.227 e. The van der Waals surface area contributed by atoms with Gasteiger partial charge in [-0.15, -0.1) is 0 Å². The van der Waals surface area contributed by atoms with Crippen LogP contribution in [0.4, 0.5) is 0 Å². The summed E-state index contributed by atoms with van der Waals surface area (Å²) in [5, 5.41) is 0. The average Bonchev–Trinajstić information content (AvgIpc) is 3.17. The first-order valence-corrected chi connectivity index (χ1v) is 9.81. The maximum atomic E-state index is 6.32. The van der Waals surface area contributed by atoms with Gasteiger partial charge in [0.25, 0.3) is 0 Å². The predicted octanol–water partition coefficient (Wildman–Crippen LogP) is 7.35. The summed E-state index contributed by atoms with van der Waals surface area (Å²) in [6, 6.07) is 24.8. The standard InChI is InChI=1S/C26H25NO/c1-4-26(2,3)22-15-10-16-23-24(22)28-25(27-23)21-14-9-8-13-20(21)18-17-19-11-6-5-7-12-19/h5-18H,4H2,1-3H3. The first-order valence-electron chi connectivity index (χ1n) is 9.81. The monoisotopic (exact) mass is 367 g/mol. The van der Waals surface area contributed by atoms with Crippen LogP contribution in [0, 0.1) is 0 Å². The molecule has 3 aromatic carbocycles. The Labute approximate surface area is 166 Å². The number of benzene rings is 3. The Morgan fingerprint density at radius 3 is 2.39 bits per heavy atom. The Morgan fingerprint density at radius 2 is 1.61 bits per heavy atom. The van der Waals surface area contributed by atoms with Gasteiger partial charge in [-0.05, 0) is 35.1 Å². The zero-order valence-electron chi connectivity index (χ0n) is 16.6. The summed E-state index contributed by atoms with van der Waals surface area (Å²) >= 11 is 0. The molecule has 0 unspecified atom stereocenters. The quantitative estimate of drug-likeness (QED) is 0.345. The molecule has 2 nitrogen and oxygen atoms in total. The van der Waals surface area contributed by atoms with Gasteiger partial charge in [0.1, 0.15) is 5.52 Å². The molecule has 4 rings (SSSR count). The van der Waals surface area contributed by atoms with Crippen molar-refractivity contribution in [2.75, 3.05) is 0 Å². The lowest BCUT2D eigenvalue weighted by Gasteiger charge is -2.22. The molecule has 0 aliphatic carbocycles. The van der Waals surface area contributed by atoms with Gasteiger partial charge in [-0.2, -0.15) is 0 Å². The van der Waals surface area contributed by atoms with E-state index in [0.717, 1.165) is 28.6 Å². The van der Waals surface area contributed by atoms with E-state index < -0.39 is 0 Å². The van der Waals surface area contributed by atoms with Crippen molar-refractivity contribution in [1.82, 2.24) is 4.98 Å². The van der Waals surface area contributed by atoms with E-state index in [1.807, 2.05) is 36.4 Å². The zero-order valence-corrected chi connectivity index (χ0v) is 16.6. The lowest BCUT2D eigenvalue weighted by Crippen LogP contribution is -2.15. The highest BCUT2D eigenvalue weighted by atomic mass is 16.3. The maximum absolute atomic E-state index is 6.32. The van der Waals surface area contributed by atoms with Crippen LogP contribution < -0.4 is 0 Å². The Morgan fingerprint density at radius 1 is 0.857 bits per heavy atom. The summed E-state index contributed by atoms with van der Waals surface area (Å²) in [7, 11) is 0. The van der Waals surface area contributed by atoms with E-state index >= 15 is 0 Å². The third kappa shape index (κ3) is 3.50. The lowest BCUT2D eigenvalue weighted by atomic mass is 9.82. The molecule has 0 aliphatic heterocycles. The minimum Gasteiger partial charge on any atom is -0.436 e. The number of hydrogen-bond acceptors (Lipinski definition) is 2. The number of nitrogens with zero attached hydrogens (tertiary/aromatic N) is 1. The molecule has 0 spiro atoms. The molecule has 0 radical (unpaired) electrons. The van der Waals surface area contributed by atoms with E-state index in [-0.39, 0.29) is 5.41 Å². The van der Waals surface area contributed by atoms with Gasteiger partial charge in [0.2, 0.25) is 5.89 Å². The Balaban J connectivity index is 1.79. The molecular weight excluding hydrogens is 342 g/mol. The van der Waals surface area contributed by atoms with E-state index in [0.29, 0.717) is 5.89 Å². The van der Waals surface area contributed by atoms with Crippen molar-refractivity contribution in [3.63, 3.8) is 0 Å². The highest BCUT2D eigenvalue weighted by Gasteiger charge is 2.24. The second-order valence-electron chi connectivity index (χ2n) is 7.74. The molecule has 0 aliphatic rings. The molecule has 4 aromatic rings. The molecule has 0 saturated carbocycles. The molecule has 2 heteroatoms. The van der Waals surface area contributed by atoms with Crippen molar-refractivity contribution >= 4 is 23.3 Å².